The average molecular weight is 260 g/mol. The van der Waals surface area contributed by atoms with Crippen LogP contribution in [-0.4, -0.2) is 22.9 Å². The number of benzene rings is 1. The van der Waals surface area contributed by atoms with Crippen LogP contribution in [0.15, 0.2) is 36.5 Å². The van der Waals surface area contributed by atoms with Gasteiger partial charge in [0.05, 0.1) is 13.3 Å². The number of ether oxygens (including phenoxy) is 1. The lowest BCUT2D eigenvalue weighted by Crippen LogP contribution is -2.29. The van der Waals surface area contributed by atoms with Crippen LogP contribution in [0.3, 0.4) is 0 Å². The van der Waals surface area contributed by atoms with Gasteiger partial charge in [-0.15, -0.1) is 0 Å². The summed E-state index contributed by atoms with van der Waals surface area (Å²) in [6.45, 7) is 0.431. The zero-order valence-corrected chi connectivity index (χ0v) is 10.9. The van der Waals surface area contributed by atoms with Gasteiger partial charge in [-0.05, 0) is 17.7 Å². The molecule has 0 aliphatic heterocycles. The first-order valence-electron chi connectivity index (χ1n) is 5.85. The van der Waals surface area contributed by atoms with Crippen molar-refractivity contribution in [1.29, 1.82) is 0 Å². The molecule has 19 heavy (non-hydrogen) atoms. The Bertz CT molecular complexity index is 565. The fourth-order valence-corrected chi connectivity index (χ4v) is 1.62. The first-order valence-corrected chi connectivity index (χ1v) is 5.85. The standard InChI is InChI=1S/C13H16N4O2/c1-17-12(6-7-15-17)16-13(18)14-9-10-4-3-5-11(8-10)19-2/h3-8H,9H2,1-2H3,(H2,14,16,18). The molecule has 6 nitrogen and oxygen atoms in total. The smallest absolute Gasteiger partial charge is 0.320 e. The topological polar surface area (TPSA) is 68.2 Å². The minimum Gasteiger partial charge on any atom is -0.497 e. The summed E-state index contributed by atoms with van der Waals surface area (Å²) in [5.41, 5.74) is 0.972. The Hall–Kier alpha value is -2.50. The van der Waals surface area contributed by atoms with Crippen molar-refractivity contribution in [2.75, 3.05) is 12.4 Å². The number of nitrogens with one attached hydrogen (secondary N) is 2. The maximum absolute atomic E-state index is 11.7. The summed E-state index contributed by atoms with van der Waals surface area (Å²) in [5.74, 6) is 1.41. The molecule has 0 saturated heterocycles. The third-order valence-corrected chi connectivity index (χ3v) is 2.65. The molecule has 1 aromatic carbocycles. The van der Waals surface area contributed by atoms with Crippen molar-refractivity contribution >= 4 is 11.8 Å². The molecule has 6 heteroatoms. The first-order chi connectivity index (χ1) is 9.19. The van der Waals surface area contributed by atoms with Crippen LogP contribution in [0.2, 0.25) is 0 Å². The number of nitrogens with zero attached hydrogens (tertiary/aromatic N) is 2. The van der Waals surface area contributed by atoms with Gasteiger partial charge in [0.1, 0.15) is 11.6 Å². The molecule has 0 saturated carbocycles. The largest absolute Gasteiger partial charge is 0.497 e. The summed E-state index contributed by atoms with van der Waals surface area (Å²) in [5, 5.41) is 9.45. The van der Waals surface area contributed by atoms with Crippen molar-refractivity contribution in [2.24, 2.45) is 7.05 Å². The van der Waals surface area contributed by atoms with Crippen molar-refractivity contribution in [1.82, 2.24) is 15.1 Å². The van der Waals surface area contributed by atoms with Gasteiger partial charge in [0.2, 0.25) is 0 Å². The van der Waals surface area contributed by atoms with E-state index in [2.05, 4.69) is 15.7 Å². The van der Waals surface area contributed by atoms with Gasteiger partial charge in [0.15, 0.2) is 0 Å². The van der Waals surface area contributed by atoms with E-state index in [1.165, 1.54) is 0 Å². The van der Waals surface area contributed by atoms with Gasteiger partial charge in [0.25, 0.3) is 0 Å². The lowest BCUT2D eigenvalue weighted by atomic mass is 10.2. The van der Waals surface area contributed by atoms with Crippen molar-refractivity contribution in [3.8, 4) is 5.75 Å². The second-order valence-corrected chi connectivity index (χ2v) is 4.00. The highest BCUT2D eigenvalue weighted by atomic mass is 16.5. The Kier molecular flexibility index (Phi) is 4.02. The van der Waals surface area contributed by atoms with E-state index >= 15 is 0 Å². The fourth-order valence-electron chi connectivity index (χ4n) is 1.62. The summed E-state index contributed by atoms with van der Waals surface area (Å²) in [7, 11) is 3.37. The van der Waals surface area contributed by atoms with Crippen molar-refractivity contribution in [3.63, 3.8) is 0 Å². The SMILES string of the molecule is COc1cccc(CNC(=O)Nc2ccnn2C)c1. The van der Waals surface area contributed by atoms with Crippen LogP contribution in [0.4, 0.5) is 10.6 Å². The van der Waals surface area contributed by atoms with E-state index in [4.69, 9.17) is 4.74 Å². The summed E-state index contributed by atoms with van der Waals surface area (Å²) in [4.78, 5) is 11.7. The van der Waals surface area contributed by atoms with E-state index in [-0.39, 0.29) is 6.03 Å². The van der Waals surface area contributed by atoms with Gasteiger partial charge in [-0.25, -0.2) is 4.79 Å². The molecule has 0 unspecified atom stereocenters. The normalized spacial score (nSPS) is 10.0. The van der Waals surface area contributed by atoms with E-state index in [1.54, 1.807) is 31.1 Å². The molecule has 0 bridgehead atoms. The van der Waals surface area contributed by atoms with Crippen LogP contribution in [0.25, 0.3) is 0 Å². The second-order valence-electron chi connectivity index (χ2n) is 4.00. The molecule has 100 valence electrons. The Morgan fingerprint density at radius 2 is 2.26 bits per heavy atom. The molecule has 0 atom stereocenters. The Balaban J connectivity index is 1.88. The summed E-state index contributed by atoms with van der Waals surface area (Å²) in [6.07, 6.45) is 1.62. The molecule has 1 aromatic heterocycles. The molecule has 2 N–H and O–H groups in total. The number of hydrogen-bond donors (Lipinski definition) is 2. The maximum Gasteiger partial charge on any atom is 0.320 e. The van der Waals surface area contributed by atoms with Gasteiger partial charge < -0.3 is 10.1 Å². The molecular formula is C13H16N4O2. The number of methoxy groups -OCH3 is 1. The minimum absolute atomic E-state index is 0.272. The zero-order chi connectivity index (χ0) is 13.7. The van der Waals surface area contributed by atoms with E-state index in [1.807, 2.05) is 24.3 Å². The third kappa shape index (κ3) is 3.48. The highest BCUT2D eigenvalue weighted by molar-refractivity contribution is 5.88. The van der Waals surface area contributed by atoms with Gasteiger partial charge >= 0.3 is 6.03 Å². The highest BCUT2D eigenvalue weighted by Gasteiger charge is 2.04. The van der Waals surface area contributed by atoms with E-state index in [9.17, 15) is 4.79 Å². The van der Waals surface area contributed by atoms with Gasteiger partial charge in [0, 0.05) is 19.7 Å². The quantitative estimate of drug-likeness (QED) is 0.880. The van der Waals surface area contributed by atoms with Gasteiger partial charge in [-0.2, -0.15) is 5.10 Å². The lowest BCUT2D eigenvalue weighted by molar-refractivity contribution is 0.251. The van der Waals surface area contributed by atoms with Crippen LogP contribution in [0.5, 0.6) is 5.75 Å². The highest BCUT2D eigenvalue weighted by Crippen LogP contribution is 2.12. The van der Waals surface area contributed by atoms with Crippen LogP contribution in [0, 0.1) is 0 Å². The molecule has 2 aromatic rings. The third-order valence-electron chi connectivity index (χ3n) is 2.65. The molecule has 0 spiro atoms. The van der Waals surface area contributed by atoms with Crippen LogP contribution >= 0.6 is 0 Å². The van der Waals surface area contributed by atoms with Crippen LogP contribution in [-0.2, 0) is 13.6 Å². The lowest BCUT2D eigenvalue weighted by Gasteiger charge is -2.08. The predicted octanol–water partition coefficient (Wildman–Crippen LogP) is 1.75. The number of aromatic nitrogens is 2. The minimum atomic E-state index is -0.272. The maximum atomic E-state index is 11.7. The number of carbonyl (C=O) groups excluding carboxylic acids is 1. The molecular weight excluding hydrogens is 244 g/mol. The second kappa shape index (κ2) is 5.90. The molecule has 2 amide bonds. The molecule has 0 radical (unpaired) electrons. The molecule has 0 aliphatic rings. The average Bonchev–Trinajstić information content (AvgIpc) is 2.82. The van der Waals surface area contributed by atoms with Crippen molar-refractivity contribution in [2.45, 2.75) is 6.54 Å². The predicted molar refractivity (Wildman–Crippen MR) is 72.1 cm³/mol. The number of anilines is 1. The number of urea groups is 1. The Labute approximate surface area is 111 Å². The van der Waals surface area contributed by atoms with E-state index < -0.39 is 0 Å². The van der Waals surface area contributed by atoms with Crippen LogP contribution in [0.1, 0.15) is 5.56 Å². The monoisotopic (exact) mass is 260 g/mol. The number of rotatable bonds is 4. The number of carbonyl (C=O) groups is 1. The summed E-state index contributed by atoms with van der Waals surface area (Å²) < 4.78 is 6.71. The molecule has 0 aliphatic carbocycles. The van der Waals surface area contributed by atoms with Gasteiger partial charge in [-0.1, -0.05) is 12.1 Å². The van der Waals surface area contributed by atoms with Crippen molar-refractivity contribution < 1.29 is 9.53 Å². The van der Waals surface area contributed by atoms with E-state index in [0.29, 0.717) is 12.4 Å². The molecule has 2 rings (SSSR count). The number of amides is 2. The summed E-state index contributed by atoms with van der Waals surface area (Å²) in [6, 6.07) is 9.00. The number of aryl methyl sites for hydroxylation is 1. The van der Waals surface area contributed by atoms with E-state index in [0.717, 1.165) is 11.3 Å². The van der Waals surface area contributed by atoms with Crippen LogP contribution < -0.4 is 15.4 Å². The molecule has 1 heterocycles. The zero-order valence-electron chi connectivity index (χ0n) is 10.9. The van der Waals surface area contributed by atoms with Crippen molar-refractivity contribution in [3.05, 3.63) is 42.1 Å². The first kappa shape index (κ1) is 12.9. The fraction of sp³-hybridized carbons (Fsp3) is 0.231. The molecule has 0 fully saturated rings. The van der Waals surface area contributed by atoms with Gasteiger partial charge in [-0.3, -0.25) is 10.00 Å². The Morgan fingerprint density at radius 3 is 2.95 bits per heavy atom. The summed E-state index contributed by atoms with van der Waals surface area (Å²) >= 11 is 0. The number of hydrogen-bond acceptors (Lipinski definition) is 3. The Morgan fingerprint density at radius 1 is 1.42 bits per heavy atom.